The number of carbonyl (C=O) groups excluding carboxylic acids is 1. The summed E-state index contributed by atoms with van der Waals surface area (Å²) in [4.78, 5) is 16.3. The van der Waals surface area contributed by atoms with Crippen LogP contribution in [0.4, 0.5) is 8.78 Å². The van der Waals surface area contributed by atoms with Crippen molar-refractivity contribution in [2.24, 2.45) is 0 Å². The quantitative estimate of drug-likeness (QED) is 0.893. The average Bonchev–Trinajstić information content (AvgIpc) is 2.56. The van der Waals surface area contributed by atoms with Gasteiger partial charge in [0, 0.05) is 32.7 Å². The van der Waals surface area contributed by atoms with E-state index in [1.165, 1.54) is 11.0 Å². The number of morpholine rings is 1. The number of benzene rings is 1. The van der Waals surface area contributed by atoms with Gasteiger partial charge in [-0.1, -0.05) is 6.07 Å². The first-order valence-electron chi connectivity index (χ1n) is 8.24. The number of rotatable bonds is 4. The molecule has 2 heterocycles. The van der Waals surface area contributed by atoms with Crippen LogP contribution < -0.4 is 0 Å². The van der Waals surface area contributed by atoms with E-state index in [0.717, 1.165) is 12.1 Å². The summed E-state index contributed by atoms with van der Waals surface area (Å²) in [5.74, 6) is -2.18. The molecule has 1 atom stereocenters. The fourth-order valence-electron chi connectivity index (χ4n) is 3.35. The van der Waals surface area contributed by atoms with E-state index in [-0.39, 0.29) is 19.0 Å². The van der Waals surface area contributed by atoms with Crippen LogP contribution in [-0.4, -0.2) is 65.8 Å². The summed E-state index contributed by atoms with van der Waals surface area (Å²) in [6, 6.07) is 3.61. The second-order valence-corrected chi connectivity index (χ2v) is 6.50. The van der Waals surface area contributed by atoms with Gasteiger partial charge in [-0.3, -0.25) is 9.69 Å². The Kier molecular flexibility index (Phi) is 5.12. The van der Waals surface area contributed by atoms with E-state index >= 15 is 0 Å². The molecule has 7 heteroatoms. The van der Waals surface area contributed by atoms with Crippen molar-refractivity contribution in [2.75, 3.05) is 39.4 Å². The first kappa shape index (κ1) is 17.3. The minimum absolute atomic E-state index is 0.168. The van der Waals surface area contributed by atoms with E-state index in [0.29, 0.717) is 51.3 Å². The van der Waals surface area contributed by atoms with Crippen LogP contribution in [-0.2, 0) is 16.1 Å². The lowest BCUT2D eigenvalue weighted by Crippen LogP contribution is -2.59. The van der Waals surface area contributed by atoms with Gasteiger partial charge >= 0.3 is 0 Å². The van der Waals surface area contributed by atoms with Crippen LogP contribution in [0.3, 0.4) is 0 Å². The van der Waals surface area contributed by atoms with Gasteiger partial charge in [0.15, 0.2) is 17.2 Å². The van der Waals surface area contributed by atoms with Crippen LogP contribution in [0.15, 0.2) is 18.2 Å². The smallest absolute Gasteiger partial charge is 0.256 e. The van der Waals surface area contributed by atoms with E-state index < -0.39 is 17.2 Å². The van der Waals surface area contributed by atoms with Crippen molar-refractivity contribution in [3.63, 3.8) is 0 Å². The summed E-state index contributed by atoms with van der Waals surface area (Å²) in [6.45, 7) is 3.54. The van der Waals surface area contributed by atoms with Gasteiger partial charge < -0.3 is 14.7 Å². The van der Waals surface area contributed by atoms with Gasteiger partial charge in [-0.15, -0.1) is 0 Å². The van der Waals surface area contributed by atoms with E-state index in [1.54, 1.807) is 0 Å². The lowest BCUT2D eigenvalue weighted by Gasteiger charge is -2.41. The molecule has 1 amide bonds. The van der Waals surface area contributed by atoms with E-state index in [2.05, 4.69) is 0 Å². The number of ether oxygens (including phenoxy) is 1. The first-order chi connectivity index (χ1) is 11.5. The third-order valence-corrected chi connectivity index (χ3v) is 4.65. The Bertz CT molecular complexity index is 607. The maximum Gasteiger partial charge on any atom is 0.256 e. The van der Waals surface area contributed by atoms with Crippen molar-refractivity contribution < 1.29 is 23.4 Å². The molecule has 2 aliphatic heterocycles. The number of piperidine rings is 1. The molecule has 0 aromatic heterocycles. The Hall–Kier alpha value is -1.57. The summed E-state index contributed by atoms with van der Waals surface area (Å²) in [7, 11) is 0. The lowest BCUT2D eigenvalue weighted by molar-refractivity contribution is -0.161. The molecular weight excluding hydrogens is 318 g/mol. The fourth-order valence-corrected chi connectivity index (χ4v) is 3.35. The summed E-state index contributed by atoms with van der Waals surface area (Å²) >= 11 is 0. The topological polar surface area (TPSA) is 53.0 Å². The highest BCUT2D eigenvalue weighted by Gasteiger charge is 2.43. The van der Waals surface area contributed by atoms with Gasteiger partial charge in [-0.05, 0) is 30.5 Å². The Morgan fingerprint density at radius 1 is 1.17 bits per heavy atom. The predicted molar refractivity (Wildman–Crippen MR) is 83.2 cm³/mol. The Morgan fingerprint density at radius 2 is 1.92 bits per heavy atom. The Morgan fingerprint density at radius 3 is 2.62 bits per heavy atom. The van der Waals surface area contributed by atoms with Crippen molar-refractivity contribution in [1.29, 1.82) is 0 Å². The van der Waals surface area contributed by atoms with E-state index in [1.807, 2.05) is 4.90 Å². The van der Waals surface area contributed by atoms with Crippen LogP contribution in [0, 0.1) is 11.6 Å². The predicted octanol–water partition coefficient (Wildman–Crippen LogP) is 1.15. The summed E-state index contributed by atoms with van der Waals surface area (Å²) < 4.78 is 31.7. The lowest BCUT2D eigenvalue weighted by atomic mass is 9.90. The van der Waals surface area contributed by atoms with Gasteiger partial charge in [-0.25, -0.2) is 8.78 Å². The van der Waals surface area contributed by atoms with Crippen molar-refractivity contribution in [2.45, 2.75) is 25.0 Å². The summed E-state index contributed by atoms with van der Waals surface area (Å²) in [6.07, 6.45) is 1.09. The molecule has 0 aliphatic carbocycles. The molecule has 132 valence electrons. The number of halogens is 2. The molecule has 5 nitrogen and oxygen atoms in total. The molecular formula is C17H22F2N2O3. The molecule has 1 N–H and O–H groups in total. The Labute approximate surface area is 139 Å². The Balaban J connectivity index is 1.68. The molecule has 1 aromatic rings. The standard InChI is InChI=1S/C17H22F2N2O3/c18-14-3-2-13(10-15(14)19)11-21-5-1-4-17(23,16(21)22)12-20-6-8-24-9-7-20/h2-3,10,23H,1,4-9,11-12H2. The number of carbonyl (C=O) groups is 1. The first-order valence-corrected chi connectivity index (χ1v) is 8.24. The van der Waals surface area contributed by atoms with Crippen LogP contribution in [0.25, 0.3) is 0 Å². The van der Waals surface area contributed by atoms with Crippen molar-refractivity contribution >= 4 is 5.91 Å². The second kappa shape index (κ2) is 7.13. The van der Waals surface area contributed by atoms with Gasteiger partial charge in [0.25, 0.3) is 5.91 Å². The highest BCUT2D eigenvalue weighted by molar-refractivity contribution is 5.86. The number of likely N-dealkylation sites (tertiary alicyclic amines) is 1. The highest BCUT2D eigenvalue weighted by atomic mass is 19.2. The zero-order chi connectivity index (χ0) is 17.2. The molecule has 2 fully saturated rings. The number of hydrogen-bond acceptors (Lipinski definition) is 4. The maximum atomic E-state index is 13.3. The zero-order valence-electron chi connectivity index (χ0n) is 13.5. The molecule has 2 saturated heterocycles. The molecule has 24 heavy (non-hydrogen) atoms. The molecule has 0 saturated carbocycles. The minimum Gasteiger partial charge on any atom is -0.379 e. The number of hydrogen-bond donors (Lipinski definition) is 1. The highest BCUT2D eigenvalue weighted by Crippen LogP contribution is 2.26. The molecule has 1 aromatic carbocycles. The normalized spacial score (nSPS) is 26.0. The molecule has 0 spiro atoms. The number of nitrogens with zero attached hydrogens (tertiary/aromatic N) is 2. The monoisotopic (exact) mass is 340 g/mol. The third kappa shape index (κ3) is 3.74. The number of amides is 1. The number of aliphatic hydroxyl groups is 1. The molecule has 0 bridgehead atoms. The van der Waals surface area contributed by atoms with Crippen LogP contribution in [0.1, 0.15) is 18.4 Å². The van der Waals surface area contributed by atoms with Crippen LogP contribution in [0.2, 0.25) is 0 Å². The van der Waals surface area contributed by atoms with E-state index in [9.17, 15) is 18.7 Å². The van der Waals surface area contributed by atoms with E-state index in [4.69, 9.17) is 4.74 Å². The SMILES string of the molecule is O=C1N(Cc2ccc(F)c(F)c2)CCCC1(O)CN1CCOCC1. The van der Waals surface area contributed by atoms with Gasteiger partial charge in [0.2, 0.25) is 0 Å². The van der Waals surface area contributed by atoms with Crippen LogP contribution in [0.5, 0.6) is 0 Å². The number of β-amino-alcohol motifs (C(OH)–C–C–N with tert-alkyl or cyclic N) is 1. The van der Waals surface area contributed by atoms with Crippen molar-refractivity contribution in [1.82, 2.24) is 9.80 Å². The van der Waals surface area contributed by atoms with Gasteiger partial charge in [0.05, 0.1) is 13.2 Å². The molecule has 3 rings (SSSR count). The average molecular weight is 340 g/mol. The summed E-state index contributed by atoms with van der Waals surface area (Å²) in [5, 5.41) is 10.8. The largest absolute Gasteiger partial charge is 0.379 e. The van der Waals surface area contributed by atoms with Gasteiger partial charge in [-0.2, -0.15) is 0 Å². The second-order valence-electron chi connectivity index (χ2n) is 6.50. The van der Waals surface area contributed by atoms with Crippen molar-refractivity contribution in [3.8, 4) is 0 Å². The maximum absolute atomic E-state index is 13.3. The van der Waals surface area contributed by atoms with Gasteiger partial charge in [0.1, 0.15) is 0 Å². The molecule has 2 aliphatic rings. The molecule has 0 radical (unpaired) electrons. The van der Waals surface area contributed by atoms with Crippen LogP contribution >= 0.6 is 0 Å². The minimum atomic E-state index is -1.42. The zero-order valence-corrected chi connectivity index (χ0v) is 13.5. The van der Waals surface area contributed by atoms with Crippen molar-refractivity contribution in [3.05, 3.63) is 35.4 Å². The fraction of sp³-hybridized carbons (Fsp3) is 0.588. The third-order valence-electron chi connectivity index (χ3n) is 4.65. The summed E-state index contributed by atoms with van der Waals surface area (Å²) in [5.41, 5.74) is -0.911. The molecule has 1 unspecified atom stereocenters.